The van der Waals surface area contributed by atoms with Gasteiger partial charge in [0.25, 0.3) is 0 Å². The van der Waals surface area contributed by atoms with E-state index in [1.54, 1.807) is 15.7 Å². The number of nitrogens with zero attached hydrogens (tertiary/aromatic N) is 5. The molecule has 3 aromatic rings. The number of carbonyl (C=O) groups is 1. The van der Waals surface area contributed by atoms with E-state index >= 15 is 0 Å². The van der Waals surface area contributed by atoms with Crippen molar-refractivity contribution >= 4 is 23.3 Å². The quantitative estimate of drug-likeness (QED) is 0.660. The second-order valence-electron chi connectivity index (χ2n) is 5.23. The summed E-state index contributed by atoms with van der Waals surface area (Å²) in [7, 11) is 0. The van der Waals surface area contributed by atoms with Gasteiger partial charge in [-0.2, -0.15) is 9.61 Å². The van der Waals surface area contributed by atoms with E-state index in [0.717, 1.165) is 0 Å². The van der Waals surface area contributed by atoms with Crippen molar-refractivity contribution in [2.75, 3.05) is 32.1 Å². The molecule has 0 aliphatic carbocycles. The Hall–Kier alpha value is -2.39. The van der Waals surface area contributed by atoms with Crippen LogP contribution in [0.1, 0.15) is 0 Å². The van der Waals surface area contributed by atoms with Gasteiger partial charge in [0.05, 0.1) is 25.2 Å². The lowest BCUT2D eigenvalue weighted by Crippen LogP contribution is -2.41. The summed E-state index contributed by atoms with van der Waals surface area (Å²) in [5.74, 6) is 1.04. The van der Waals surface area contributed by atoms with Gasteiger partial charge in [-0.1, -0.05) is 11.8 Å². The highest BCUT2D eigenvalue weighted by molar-refractivity contribution is 7.99. The Bertz CT molecular complexity index is 842. The van der Waals surface area contributed by atoms with E-state index in [2.05, 4.69) is 15.3 Å². The lowest BCUT2D eigenvalue weighted by molar-refractivity contribution is -0.132. The monoisotopic (exact) mass is 345 g/mol. The maximum atomic E-state index is 12.2. The van der Waals surface area contributed by atoms with Crippen molar-refractivity contribution in [3.8, 4) is 11.5 Å². The van der Waals surface area contributed by atoms with Crippen molar-refractivity contribution in [3.63, 3.8) is 0 Å². The summed E-state index contributed by atoms with van der Waals surface area (Å²) >= 11 is 1.33. The van der Waals surface area contributed by atoms with E-state index < -0.39 is 0 Å². The molecule has 1 aliphatic heterocycles. The second-order valence-corrected chi connectivity index (χ2v) is 6.17. The van der Waals surface area contributed by atoms with Crippen molar-refractivity contribution < 1.29 is 13.9 Å². The molecule has 0 unspecified atom stereocenters. The fourth-order valence-corrected chi connectivity index (χ4v) is 3.24. The molecule has 0 N–H and O–H groups in total. The Labute approximate surface area is 141 Å². The predicted molar refractivity (Wildman–Crippen MR) is 86.6 cm³/mol. The molecular formula is C15H15N5O3S. The molecule has 0 saturated carbocycles. The minimum absolute atomic E-state index is 0.0715. The number of ether oxygens (including phenoxy) is 1. The van der Waals surface area contributed by atoms with E-state index in [0.29, 0.717) is 54.3 Å². The first-order chi connectivity index (χ1) is 11.8. The minimum Gasteiger partial charge on any atom is -0.463 e. The lowest BCUT2D eigenvalue weighted by Gasteiger charge is -2.26. The molecule has 0 spiro atoms. The van der Waals surface area contributed by atoms with Gasteiger partial charge in [-0.3, -0.25) is 4.79 Å². The molecular weight excluding hydrogens is 330 g/mol. The molecule has 0 atom stereocenters. The summed E-state index contributed by atoms with van der Waals surface area (Å²) in [6.45, 7) is 2.47. The van der Waals surface area contributed by atoms with Crippen LogP contribution in [0.4, 0.5) is 0 Å². The molecule has 1 aliphatic rings. The number of morpholine rings is 1. The third-order valence-electron chi connectivity index (χ3n) is 3.70. The van der Waals surface area contributed by atoms with Gasteiger partial charge in [0.2, 0.25) is 11.1 Å². The van der Waals surface area contributed by atoms with Crippen molar-refractivity contribution in [3.05, 3.63) is 30.5 Å². The van der Waals surface area contributed by atoms with Gasteiger partial charge in [0, 0.05) is 13.1 Å². The number of rotatable bonds is 4. The van der Waals surface area contributed by atoms with Gasteiger partial charge in [-0.05, 0) is 24.3 Å². The van der Waals surface area contributed by atoms with E-state index in [4.69, 9.17) is 9.15 Å². The number of fused-ring (bicyclic) bond motifs is 1. The summed E-state index contributed by atoms with van der Waals surface area (Å²) in [4.78, 5) is 14.0. The molecule has 8 nitrogen and oxygen atoms in total. The van der Waals surface area contributed by atoms with Gasteiger partial charge in [-0.15, -0.1) is 10.2 Å². The Balaban J connectivity index is 1.51. The molecule has 1 saturated heterocycles. The van der Waals surface area contributed by atoms with Gasteiger partial charge in [0.1, 0.15) is 5.69 Å². The molecule has 4 rings (SSSR count). The van der Waals surface area contributed by atoms with Crippen LogP contribution in [0.5, 0.6) is 0 Å². The standard InChI is InChI=1S/C15H15N5O3S/c21-14(19-5-8-22-9-6-19)10-24-15-17-16-13-4-3-11(18-20(13)15)12-2-1-7-23-12/h1-4,7H,5-6,8-10H2. The average Bonchev–Trinajstić information content (AvgIpc) is 3.30. The van der Waals surface area contributed by atoms with E-state index in [1.165, 1.54) is 11.8 Å². The Morgan fingerprint density at radius 1 is 1.21 bits per heavy atom. The topological polar surface area (TPSA) is 85.8 Å². The molecule has 0 radical (unpaired) electrons. The number of hydrogen-bond acceptors (Lipinski definition) is 7. The lowest BCUT2D eigenvalue weighted by atomic mass is 10.3. The van der Waals surface area contributed by atoms with Crippen LogP contribution in [0, 0.1) is 0 Å². The zero-order valence-corrected chi connectivity index (χ0v) is 13.6. The van der Waals surface area contributed by atoms with E-state index in [1.807, 2.05) is 24.3 Å². The smallest absolute Gasteiger partial charge is 0.233 e. The van der Waals surface area contributed by atoms with Crippen molar-refractivity contribution in [1.82, 2.24) is 24.7 Å². The van der Waals surface area contributed by atoms with Crippen molar-refractivity contribution in [2.24, 2.45) is 0 Å². The van der Waals surface area contributed by atoms with Crippen LogP contribution in [0.15, 0.2) is 40.1 Å². The van der Waals surface area contributed by atoms with Crippen LogP contribution >= 0.6 is 11.8 Å². The number of amides is 1. The van der Waals surface area contributed by atoms with Crippen molar-refractivity contribution in [1.29, 1.82) is 0 Å². The summed E-state index contributed by atoms with van der Waals surface area (Å²) in [5.41, 5.74) is 1.32. The predicted octanol–water partition coefficient (Wildman–Crippen LogP) is 1.34. The molecule has 4 heterocycles. The van der Waals surface area contributed by atoms with Gasteiger partial charge < -0.3 is 14.1 Å². The first kappa shape index (κ1) is 15.2. The van der Waals surface area contributed by atoms with Crippen LogP contribution in [-0.2, 0) is 9.53 Å². The summed E-state index contributed by atoms with van der Waals surface area (Å²) in [6.07, 6.45) is 1.60. The van der Waals surface area contributed by atoms with Gasteiger partial charge in [0.15, 0.2) is 11.4 Å². The Kier molecular flexibility index (Phi) is 4.18. The molecule has 1 amide bonds. The summed E-state index contributed by atoms with van der Waals surface area (Å²) in [5, 5.41) is 13.3. The molecule has 3 aromatic heterocycles. The number of aromatic nitrogens is 4. The van der Waals surface area contributed by atoms with E-state index in [9.17, 15) is 4.79 Å². The normalized spacial score (nSPS) is 15.1. The number of hydrogen-bond donors (Lipinski definition) is 0. The summed E-state index contributed by atoms with van der Waals surface area (Å²) in [6, 6.07) is 7.30. The third kappa shape index (κ3) is 3.00. The Morgan fingerprint density at radius 3 is 2.88 bits per heavy atom. The Morgan fingerprint density at radius 2 is 2.08 bits per heavy atom. The maximum absolute atomic E-state index is 12.2. The minimum atomic E-state index is 0.0715. The zero-order valence-electron chi connectivity index (χ0n) is 12.8. The molecule has 0 bridgehead atoms. The van der Waals surface area contributed by atoms with Crippen LogP contribution in [0.25, 0.3) is 17.1 Å². The SMILES string of the molecule is O=C(CSc1nnc2ccc(-c3ccco3)nn12)N1CCOCC1. The highest BCUT2D eigenvalue weighted by Crippen LogP contribution is 2.21. The molecule has 24 heavy (non-hydrogen) atoms. The highest BCUT2D eigenvalue weighted by atomic mass is 32.2. The fraction of sp³-hybridized carbons (Fsp3) is 0.333. The third-order valence-corrected chi connectivity index (χ3v) is 4.60. The molecule has 1 fully saturated rings. The number of carbonyl (C=O) groups excluding carboxylic acids is 1. The van der Waals surface area contributed by atoms with Gasteiger partial charge in [-0.25, -0.2) is 0 Å². The highest BCUT2D eigenvalue weighted by Gasteiger charge is 2.18. The molecule has 0 aromatic carbocycles. The number of thioether (sulfide) groups is 1. The zero-order chi connectivity index (χ0) is 16.4. The van der Waals surface area contributed by atoms with E-state index in [-0.39, 0.29) is 5.91 Å². The van der Waals surface area contributed by atoms with Gasteiger partial charge >= 0.3 is 0 Å². The first-order valence-corrected chi connectivity index (χ1v) is 8.54. The maximum Gasteiger partial charge on any atom is 0.233 e. The number of furan rings is 1. The molecule has 9 heteroatoms. The van der Waals surface area contributed by atoms with Crippen LogP contribution in [0.3, 0.4) is 0 Å². The fourth-order valence-electron chi connectivity index (χ4n) is 2.45. The first-order valence-electron chi connectivity index (χ1n) is 7.56. The largest absolute Gasteiger partial charge is 0.463 e. The second kappa shape index (κ2) is 6.62. The molecule has 124 valence electrons. The van der Waals surface area contributed by atoms with Crippen molar-refractivity contribution in [2.45, 2.75) is 5.16 Å². The summed E-state index contributed by atoms with van der Waals surface area (Å²) < 4.78 is 12.3. The average molecular weight is 345 g/mol. The van der Waals surface area contributed by atoms with Crippen LogP contribution in [-0.4, -0.2) is 62.7 Å². The van der Waals surface area contributed by atoms with Crippen LogP contribution < -0.4 is 0 Å². The van der Waals surface area contributed by atoms with Crippen LogP contribution in [0.2, 0.25) is 0 Å².